The molecule has 2 aromatic heterocycles. The summed E-state index contributed by atoms with van der Waals surface area (Å²) in [5.41, 5.74) is -3.43. The molecular formula is C40H28N6O17S4. The highest BCUT2D eigenvalue weighted by molar-refractivity contribution is 7.87. The van der Waals surface area contributed by atoms with Gasteiger partial charge in [-0.05, 0) is 66.2 Å². The number of fused-ring (bicyclic) bond motifs is 2. The second-order valence-electron chi connectivity index (χ2n) is 14.2. The molecule has 344 valence electrons. The summed E-state index contributed by atoms with van der Waals surface area (Å²) in [4.78, 5) is 51.6. The van der Waals surface area contributed by atoms with Crippen LogP contribution in [0.3, 0.4) is 0 Å². The van der Waals surface area contributed by atoms with Gasteiger partial charge in [0.1, 0.15) is 15.5 Å². The molecule has 1 aliphatic carbocycles. The van der Waals surface area contributed by atoms with Crippen LogP contribution in [0.2, 0.25) is 0 Å². The van der Waals surface area contributed by atoms with E-state index in [1.165, 1.54) is 55.6 Å². The molecule has 0 bridgehead atoms. The molecule has 0 aliphatic heterocycles. The van der Waals surface area contributed by atoms with Crippen LogP contribution >= 0.6 is 0 Å². The number of rotatable bonds is 13. The summed E-state index contributed by atoms with van der Waals surface area (Å²) < 4.78 is 150. The molecule has 27 heteroatoms. The quantitative estimate of drug-likeness (QED) is 0.0686. The Morgan fingerprint density at radius 2 is 1.22 bits per heavy atom. The Morgan fingerprint density at radius 1 is 0.612 bits per heavy atom. The molecule has 23 nitrogen and oxygen atoms in total. The zero-order valence-electron chi connectivity index (χ0n) is 33.8. The molecule has 5 aromatic carbocycles. The van der Waals surface area contributed by atoms with Crippen LogP contribution < -0.4 is 25.7 Å². The third kappa shape index (κ3) is 8.70. The van der Waals surface area contributed by atoms with E-state index in [9.17, 15) is 66.3 Å². The molecule has 0 atom stereocenters. The van der Waals surface area contributed by atoms with Crippen molar-refractivity contribution in [1.29, 1.82) is 0 Å². The van der Waals surface area contributed by atoms with Gasteiger partial charge in [0.05, 0.1) is 50.6 Å². The molecule has 0 fully saturated rings. The summed E-state index contributed by atoms with van der Waals surface area (Å²) in [6.45, 7) is 0. The van der Waals surface area contributed by atoms with Crippen LogP contribution in [0.25, 0.3) is 22.0 Å². The average Bonchev–Trinajstić information content (AvgIpc) is 3.25. The van der Waals surface area contributed by atoms with Crippen LogP contribution in [0, 0.1) is 0 Å². The Labute approximate surface area is 377 Å². The molecule has 1 aliphatic rings. The highest BCUT2D eigenvalue weighted by atomic mass is 32.2. The lowest BCUT2D eigenvalue weighted by atomic mass is 9.80. The maximum atomic E-state index is 14.6. The molecule has 0 amide bonds. The van der Waals surface area contributed by atoms with E-state index in [4.69, 9.17) is 9.47 Å². The van der Waals surface area contributed by atoms with E-state index in [2.05, 4.69) is 25.6 Å². The first-order valence-corrected chi connectivity index (χ1v) is 24.3. The van der Waals surface area contributed by atoms with Gasteiger partial charge in [0.15, 0.2) is 11.6 Å². The lowest BCUT2D eigenvalue weighted by Gasteiger charge is -2.26. The maximum absolute atomic E-state index is 14.6. The van der Waals surface area contributed by atoms with Gasteiger partial charge in [0.2, 0.25) is 5.95 Å². The van der Waals surface area contributed by atoms with Gasteiger partial charge in [-0.1, -0.05) is 36.4 Å². The van der Waals surface area contributed by atoms with E-state index < -0.39 is 112 Å². The van der Waals surface area contributed by atoms with Gasteiger partial charge >= 0.3 is 12.0 Å². The fourth-order valence-electron chi connectivity index (χ4n) is 7.19. The zero-order valence-corrected chi connectivity index (χ0v) is 37.0. The number of pyridine rings is 1. The Bertz CT molecular complexity index is 3840. The molecule has 0 spiro atoms. The van der Waals surface area contributed by atoms with Crippen molar-refractivity contribution in [3.63, 3.8) is 0 Å². The number of aryl methyl sites for hydroxylation is 1. The number of ketones is 2. The minimum atomic E-state index is -5.42. The number of hydrogen-bond acceptors (Lipinski definition) is 18. The predicted molar refractivity (Wildman–Crippen MR) is 233 cm³/mol. The molecule has 67 heavy (non-hydrogen) atoms. The van der Waals surface area contributed by atoms with Crippen LogP contribution in [0.15, 0.2) is 121 Å². The number of hydrogen-bond donors (Lipinski definition) is 6. The summed E-state index contributed by atoms with van der Waals surface area (Å²) in [7, 11) is -17.8. The molecule has 0 saturated carbocycles. The van der Waals surface area contributed by atoms with Crippen LogP contribution in [0.1, 0.15) is 31.8 Å². The smallest absolute Gasteiger partial charge is 0.330 e. The summed E-state index contributed by atoms with van der Waals surface area (Å²) in [5, 5.41) is 5.20. The second kappa shape index (κ2) is 16.4. The number of aromatic nitrogens is 4. The summed E-state index contributed by atoms with van der Waals surface area (Å²) in [5.74, 6) is -2.36. The van der Waals surface area contributed by atoms with Crippen LogP contribution in [-0.2, 0) is 47.5 Å². The van der Waals surface area contributed by atoms with Crippen molar-refractivity contribution < 1.29 is 70.9 Å². The predicted octanol–water partition coefficient (Wildman–Crippen LogP) is 4.44. The zero-order chi connectivity index (χ0) is 48.5. The number of methoxy groups -OCH3 is 1. The number of nitrogens with zero attached hydrogens (tertiary/aromatic N) is 4. The van der Waals surface area contributed by atoms with Gasteiger partial charge < -0.3 is 24.7 Å². The molecule has 0 radical (unpaired) electrons. The lowest BCUT2D eigenvalue weighted by Crippen LogP contribution is -2.29. The van der Waals surface area contributed by atoms with E-state index in [1.807, 2.05) is 0 Å². The first-order chi connectivity index (χ1) is 31.3. The van der Waals surface area contributed by atoms with Gasteiger partial charge in [0.25, 0.3) is 46.0 Å². The first kappa shape index (κ1) is 46.0. The van der Waals surface area contributed by atoms with Crippen molar-refractivity contribution >= 4 is 86.0 Å². The van der Waals surface area contributed by atoms with Crippen LogP contribution in [0.5, 0.6) is 17.8 Å². The highest BCUT2D eigenvalue weighted by Crippen LogP contribution is 2.45. The third-order valence-electron chi connectivity index (χ3n) is 10.1. The number of nitrogens with one attached hydrogen (secondary N) is 2. The van der Waals surface area contributed by atoms with E-state index in [-0.39, 0.29) is 50.2 Å². The maximum Gasteiger partial charge on any atom is 0.330 e. The normalized spacial score (nSPS) is 12.7. The van der Waals surface area contributed by atoms with Crippen molar-refractivity contribution in [3.05, 3.63) is 130 Å². The highest BCUT2D eigenvalue weighted by Gasteiger charge is 2.35. The fourth-order valence-corrected chi connectivity index (χ4v) is 9.58. The van der Waals surface area contributed by atoms with Crippen molar-refractivity contribution in [3.8, 4) is 28.9 Å². The number of carbonyl (C=O) groups excluding carboxylic acids is 2. The topological polar surface area (TPSA) is 355 Å². The van der Waals surface area contributed by atoms with E-state index in [0.717, 1.165) is 54.1 Å². The summed E-state index contributed by atoms with van der Waals surface area (Å²) >= 11 is 0. The van der Waals surface area contributed by atoms with Gasteiger partial charge in [-0.25, -0.2) is 0 Å². The minimum absolute atomic E-state index is 0.0242. The van der Waals surface area contributed by atoms with Gasteiger partial charge in [-0.3, -0.25) is 32.6 Å². The Morgan fingerprint density at radius 3 is 1.84 bits per heavy atom. The third-order valence-corrected chi connectivity index (χ3v) is 13.6. The van der Waals surface area contributed by atoms with Gasteiger partial charge in [-0.15, -0.1) is 4.98 Å². The van der Waals surface area contributed by atoms with Crippen LogP contribution in [-0.4, -0.2) is 90.1 Å². The Balaban J connectivity index is 1.31. The number of ether oxygens (including phenoxy) is 2. The molecule has 0 unspecified atom stereocenters. The van der Waals surface area contributed by atoms with E-state index >= 15 is 0 Å². The van der Waals surface area contributed by atoms with Crippen molar-refractivity contribution in [2.24, 2.45) is 7.05 Å². The monoisotopic (exact) mass is 992 g/mol. The number of carbonyl (C=O) groups is 2. The van der Waals surface area contributed by atoms with Crippen LogP contribution in [0.4, 0.5) is 23.0 Å². The molecule has 0 saturated heterocycles. The Kier molecular flexibility index (Phi) is 11.3. The van der Waals surface area contributed by atoms with Crippen molar-refractivity contribution in [2.45, 2.75) is 19.6 Å². The molecule has 7 aromatic rings. The molecule has 8 rings (SSSR count). The standard InChI is InChI=1S/C40H28N6O17S4/c1-46-28-15-14-25(32-33(28)31(23-8-3-4-9-24(23)36(32)48)34(37(46)49)35(47)19-6-5-7-22(16-19)65(53,54)55)41-26-17-27(30(67(59,60)61)18-29(26)66(56,57)58)42-38-43-39(62-2)45-40(44-38)63-20-10-12-21(13-11-20)64(50,51)52/h3-18,41H,1-2H3,(H,50,51,52)(H,53,54,55)(H,56,57,58)(H,59,60,61)(H,42,43,44,45). The number of benzene rings is 5. The van der Waals surface area contributed by atoms with Crippen molar-refractivity contribution in [1.82, 2.24) is 19.5 Å². The minimum Gasteiger partial charge on any atom is -0.467 e. The average molecular weight is 993 g/mol. The van der Waals surface area contributed by atoms with E-state index in [0.29, 0.717) is 6.07 Å². The van der Waals surface area contributed by atoms with E-state index in [1.54, 1.807) is 0 Å². The first-order valence-electron chi connectivity index (χ1n) is 18.5. The fraction of sp³-hybridized carbons (Fsp3) is 0.0500. The lowest BCUT2D eigenvalue weighted by molar-refractivity contribution is 0.102. The summed E-state index contributed by atoms with van der Waals surface area (Å²) in [6, 6.07) is 17.1. The number of anilines is 4. The molecule has 6 N–H and O–H groups in total. The van der Waals surface area contributed by atoms with Gasteiger partial charge in [0, 0.05) is 29.1 Å². The molecule has 2 heterocycles. The van der Waals surface area contributed by atoms with Gasteiger partial charge in [-0.2, -0.15) is 43.6 Å². The van der Waals surface area contributed by atoms with Crippen molar-refractivity contribution in [2.75, 3.05) is 17.7 Å². The summed E-state index contributed by atoms with van der Waals surface area (Å²) in [6.07, 6.45) is 0. The Hall–Kier alpha value is -7.50. The largest absolute Gasteiger partial charge is 0.467 e. The molecular weight excluding hydrogens is 965 g/mol. The second-order valence-corrected chi connectivity index (χ2v) is 19.8. The SMILES string of the molecule is COc1nc(Nc2cc(Nc3ccc4c5c3C(=O)c3ccccc3-c5c(C(=O)c3cccc(S(=O)(=O)O)c3)c(=O)n4C)c(S(=O)(=O)O)cc2S(=O)(=O)O)nc(Oc2ccc(S(=O)(=O)O)cc2)n1.